The average Bonchev–Trinajstić information content (AvgIpc) is 3.00. The Labute approximate surface area is 87.1 Å². The van der Waals surface area contributed by atoms with Gasteiger partial charge < -0.3 is 10.2 Å². The first-order valence-electron chi connectivity index (χ1n) is 5.01. The summed E-state index contributed by atoms with van der Waals surface area (Å²) in [5.41, 5.74) is 0. The van der Waals surface area contributed by atoms with Crippen LogP contribution in [-0.4, -0.2) is 16.6 Å². The van der Waals surface area contributed by atoms with Crippen molar-refractivity contribution in [3.05, 3.63) is 30.0 Å². The molecular weight excluding hydrogens is 194 g/mol. The summed E-state index contributed by atoms with van der Waals surface area (Å²) in [6, 6.07) is 1.81. The summed E-state index contributed by atoms with van der Waals surface area (Å²) in [4.78, 5) is 18.2. The number of anilines is 1. The van der Waals surface area contributed by atoms with Crippen molar-refractivity contribution in [3.8, 4) is 0 Å². The van der Waals surface area contributed by atoms with Crippen LogP contribution in [0, 0.1) is 0 Å². The molecule has 0 amide bonds. The minimum Gasteiger partial charge on any atom is -0.319 e. The van der Waals surface area contributed by atoms with Crippen molar-refractivity contribution in [2.75, 3.05) is 11.9 Å². The molecule has 78 valence electrons. The molecular formula is C10H11N3O2. The molecule has 0 aromatic carbocycles. The molecule has 2 heterocycles. The van der Waals surface area contributed by atoms with E-state index in [1.807, 2.05) is 12.1 Å². The first-order valence-corrected chi connectivity index (χ1v) is 5.01. The minimum atomic E-state index is 0.475. The van der Waals surface area contributed by atoms with Gasteiger partial charge in [0.1, 0.15) is 18.2 Å². The molecule has 3 rings (SSSR count). The highest BCUT2D eigenvalue weighted by molar-refractivity contribution is 5.39. The summed E-state index contributed by atoms with van der Waals surface area (Å²) in [5, 5.41) is 3.03. The highest BCUT2D eigenvalue weighted by Gasteiger charge is 2.26. The first kappa shape index (κ1) is 8.67. The van der Waals surface area contributed by atoms with E-state index >= 15 is 0 Å². The van der Waals surface area contributed by atoms with E-state index in [4.69, 9.17) is 9.78 Å². The molecule has 0 atom stereocenters. The van der Waals surface area contributed by atoms with Gasteiger partial charge in [-0.25, -0.2) is 9.97 Å². The van der Waals surface area contributed by atoms with Gasteiger partial charge in [0, 0.05) is 18.2 Å². The Bertz CT molecular complexity index is 401. The van der Waals surface area contributed by atoms with Gasteiger partial charge in [-0.05, 0) is 18.9 Å². The summed E-state index contributed by atoms with van der Waals surface area (Å²) in [7, 11) is 0. The fourth-order valence-electron chi connectivity index (χ4n) is 1.42. The van der Waals surface area contributed by atoms with E-state index < -0.39 is 0 Å². The van der Waals surface area contributed by atoms with E-state index in [-0.39, 0.29) is 0 Å². The highest BCUT2D eigenvalue weighted by atomic mass is 17.2. The third-order valence-electron chi connectivity index (χ3n) is 2.35. The lowest BCUT2D eigenvalue weighted by Gasteiger charge is -2.05. The van der Waals surface area contributed by atoms with Crippen molar-refractivity contribution in [2.24, 2.45) is 0 Å². The molecule has 0 radical (unpaired) electrons. The first-order chi connectivity index (χ1) is 7.42. The van der Waals surface area contributed by atoms with Crippen LogP contribution in [0.25, 0.3) is 0 Å². The van der Waals surface area contributed by atoms with Gasteiger partial charge in [-0.1, -0.05) is 0 Å². The summed E-state index contributed by atoms with van der Waals surface area (Å²) in [6.45, 7) is 0.475. The number of aromatic nitrogens is 2. The standard InChI is InChI=1S/C10H11N3O2/c1-2-7(1)10-11-5-3-8(13-10)12-9-4-6-14-15-9/h3-5,7H,1-2,6H2,(H,11,12,13). The Kier molecular flexibility index (Phi) is 2.03. The van der Waals surface area contributed by atoms with Crippen molar-refractivity contribution in [1.29, 1.82) is 0 Å². The van der Waals surface area contributed by atoms with Crippen molar-refractivity contribution in [1.82, 2.24) is 9.97 Å². The van der Waals surface area contributed by atoms with Gasteiger partial charge in [0.15, 0.2) is 0 Å². The molecule has 2 aliphatic rings. The lowest BCUT2D eigenvalue weighted by atomic mass is 10.4. The van der Waals surface area contributed by atoms with Crippen molar-refractivity contribution in [3.63, 3.8) is 0 Å². The largest absolute Gasteiger partial charge is 0.319 e. The van der Waals surface area contributed by atoms with Crippen molar-refractivity contribution >= 4 is 5.82 Å². The van der Waals surface area contributed by atoms with Gasteiger partial charge >= 0.3 is 0 Å². The molecule has 5 nitrogen and oxygen atoms in total. The van der Waals surface area contributed by atoms with Gasteiger partial charge in [-0.15, -0.1) is 0 Å². The molecule has 1 aromatic rings. The molecule has 1 saturated carbocycles. The van der Waals surface area contributed by atoms with Crippen LogP contribution < -0.4 is 5.32 Å². The van der Waals surface area contributed by atoms with Crippen LogP contribution in [0.15, 0.2) is 24.2 Å². The Balaban J connectivity index is 1.76. The maximum atomic E-state index is 4.86. The van der Waals surface area contributed by atoms with Gasteiger partial charge in [-0.3, -0.25) is 0 Å². The SMILES string of the molecule is C1=C(Nc2ccnc(C3CC3)n2)OOC1. The third-order valence-corrected chi connectivity index (χ3v) is 2.35. The topological polar surface area (TPSA) is 56.3 Å². The summed E-state index contributed by atoms with van der Waals surface area (Å²) in [5.74, 6) is 2.82. The molecule has 1 aliphatic heterocycles. The monoisotopic (exact) mass is 205 g/mol. The van der Waals surface area contributed by atoms with Crippen LogP contribution in [-0.2, 0) is 9.78 Å². The molecule has 0 saturated heterocycles. The summed E-state index contributed by atoms with van der Waals surface area (Å²) >= 11 is 0. The van der Waals surface area contributed by atoms with Crippen LogP contribution in [0.1, 0.15) is 24.6 Å². The van der Waals surface area contributed by atoms with E-state index in [0.29, 0.717) is 18.4 Å². The average molecular weight is 205 g/mol. The van der Waals surface area contributed by atoms with Crippen LogP contribution in [0.3, 0.4) is 0 Å². The van der Waals surface area contributed by atoms with Crippen LogP contribution in [0.4, 0.5) is 5.82 Å². The lowest BCUT2D eigenvalue weighted by Crippen LogP contribution is -2.03. The smallest absolute Gasteiger partial charge is 0.234 e. The highest BCUT2D eigenvalue weighted by Crippen LogP contribution is 2.38. The van der Waals surface area contributed by atoms with Crippen molar-refractivity contribution < 1.29 is 9.78 Å². The van der Waals surface area contributed by atoms with Crippen LogP contribution in [0.2, 0.25) is 0 Å². The molecule has 1 aliphatic carbocycles. The zero-order chi connectivity index (χ0) is 10.1. The maximum Gasteiger partial charge on any atom is 0.234 e. The van der Waals surface area contributed by atoms with Gasteiger partial charge in [0.05, 0.1) is 0 Å². The molecule has 1 N–H and O–H groups in total. The van der Waals surface area contributed by atoms with Gasteiger partial charge in [-0.2, -0.15) is 4.89 Å². The van der Waals surface area contributed by atoms with Crippen molar-refractivity contribution in [2.45, 2.75) is 18.8 Å². The molecule has 0 bridgehead atoms. The summed E-state index contributed by atoms with van der Waals surface area (Å²) in [6.07, 6.45) is 5.98. The normalized spacial score (nSPS) is 19.6. The molecule has 0 unspecified atom stereocenters. The molecule has 1 aromatic heterocycles. The van der Waals surface area contributed by atoms with E-state index in [9.17, 15) is 0 Å². The van der Waals surface area contributed by atoms with Crippen LogP contribution in [0.5, 0.6) is 0 Å². The second-order valence-corrected chi connectivity index (χ2v) is 3.64. The lowest BCUT2D eigenvalue weighted by molar-refractivity contribution is -0.232. The predicted molar refractivity (Wildman–Crippen MR) is 52.7 cm³/mol. The molecule has 1 fully saturated rings. The van der Waals surface area contributed by atoms with E-state index in [1.54, 1.807) is 6.20 Å². The molecule has 15 heavy (non-hydrogen) atoms. The Morgan fingerprint density at radius 1 is 1.40 bits per heavy atom. The zero-order valence-corrected chi connectivity index (χ0v) is 8.14. The second-order valence-electron chi connectivity index (χ2n) is 3.64. The van der Waals surface area contributed by atoms with Gasteiger partial charge in [0.25, 0.3) is 0 Å². The number of nitrogens with one attached hydrogen (secondary N) is 1. The van der Waals surface area contributed by atoms with E-state index in [1.165, 1.54) is 12.8 Å². The number of rotatable bonds is 3. The van der Waals surface area contributed by atoms with E-state index in [2.05, 4.69) is 15.3 Å². The summed E-state index contributed by atoms with van der Waals surface area (Å²) < 4.78 is 0. The maximum absolute atomic E-state index is 4.86. The number of hydrogen-bond acceptors (Lipinski definition) is 5. The Morgan fingerprint density at radius 2 is 2.33 bits per heavy atom. The quantitative estimate of drug-likeness (QED) is 0.759. The zero-order valence-electron chi connectivity index (χ0n) is 8.14. The van der Waals surface area contributed by atoms with Crippen LogP contribution >= 0.6 is 0 Å². The second kappa shape index (κ2) is 3.51. The Morgan fingerprint density at radius 3 is 3.07 bits per heavy atom. The molecule has 0 spiro atoms. The van der Waals surface area contributed by atoms with Gasteiger partial charge in [0.2, 0.25) is 5.88 Å². The fourth-order valence-corrected chi connectivity index (χ4v) is 1.42. The third kappa shape index (κ3) is 1.92. The van der Waals surface area contributed by atoms with E-state index in [0.717, 1.165) is 11.6 Å². The minimum absolute atomic E-state index is 0.475. The fraction of sp³-hybridized carbons (Fsp3) is 0.400. The molecule has 5 heteroatoms. The predicted octanol–water partition coefficient (Wildman–Crippen LogP) is 1.57. The Hall–Kier alpha value is -1.62. The number of nitrogens with zero attached hydrogens (tertiary/aromatic N) is 2. The number of hydrogen-bond donors (Lipinski definition) is 1.